The summed E-state index contributed by atoms with van der Waals surface area (Å²) in [6.07, 6.45) is 0. The number of halogens is 1. The van der Waals surface area contributed by atoms with Crippen LogP contribution in [0.5, 0.6) is 0 Å². The van der Waals surface area contributed by atoms with Gasteiger partial charge >= 0.3 is 0 Å². The third-order valence-electron chi connectivity index (χ3n) is 5.20. The molecular formula is C20H18ClN5O3S3. The summed E-state index contributed by atoms with van der Waals surface area (Å²) in [5, 5.41) is 7.48. The molecule has 0 radical (unpaired) electrons. The second-order valence-corrected chi connectivity index (χ2v) is 11.8. The summed E-state index contributed by atoms with van der Waals surface area (Å²) in [7, 11) is -3.44. The molecule has 1 saturated heterocycles. The number of aromatic nitrogens is 3. The van der Waals surface area contributed by atoms with Crippen LogP contribution in [0.4, 0.5) is 0 Å². The largest absolute Gasteiger partial charge is 0.295 e. The zero-order chi connectivity index (χ0) is 22.3. The van der Waals surface area contributed by atoms with Gasteiger partial charge in [0.15, 0.2) is 0 Å². The van der Waals surface area contributed by atoms with Gasteiger partial charge in [-0.1, -0.05) is 41.1 Å². The van der Waals surface area contributed by atoms with Crippen molar-refractivity contribution in [2.75, 3.05) is 26.2 Å². The second kappa shape index (κ2) is 8.65. The zero-order valence-corrected chi connectivity index (χ0v) is 19.9. The molecule has 1 fully saturated rings. The van der Waals surface area contributed by atoms with Crippen LogP contribution >= 0.6 is 34.3 Å². The van der Waals surface area contributed by atoms with Gasteiger partial charge in [-0.25, -0.2) is 13.4 Å². The Hall–Kier alpha value is -2.15. The molecule has 0 spiro atoms. The standard InChI is InChI=1S/C20H18ClN5O3S3/c21-15-5-3-14(4-6-15)19-23-26-17(27)12-16(22-20(26)31-19)13-24-7-9-25(10-8-24)32(28,29)18-2-1-11-30-18/h1-6,11-12H,7-10,13H2. The van der Waals surface area contributed by atoms with Gasteiger partial charge in [0, 0.05) is 49.4 Å². The Kier molecular flexibility index (Phi) is 5.86. The van der Waals surface area contributed by atoms with Crippen molar-refractivity contribution in [2.45, 2.75) is 10.8 Å². The minimum Gasteiger partial charge on any atom is -0.295 e. The van der Waals surface area contributed by atoms with E-state index < -0.39 is 10.0 Å². The smallest absolute Gasteiger partial charge is 0.275 e. The van der Waals surface area contributed by atoms with Crippen molar-refractivity contribution >= 4 is 49.3 Å². The lowest BCUT2D eigenvalue weighted by Gasteiger charge is -2.33. The molecule has 32 heavy (non-hydrogen) atoms. The van der Waals surface area contributed by atoms with Crippen molar-refractivity contribution < 1.29 is 8.42 Å². The maximum Gasteiger partial charge on any atom is 0.275 e. The summed E-state index contributed by atoms with van der Waals surface area (Å²) in [6.45, 7) is 2.44. The highest BCUT2D eigenvalue weighted by Crippen LogP contribution is 2.26. The molecule has 1 aliphatic heterocycles. The molecule has 166 valence electrons. The maximum atomic E-state index is 12.7. The van der Waals surface area contributed by atoms with Crippen LogP contribution in [0.3, 0.4) is 0 Å². The molecule has 3 aromatic heterocycles. The van der Waals surface area contributed by atoms with Crippen LogP contribution in [0.25, 0.3) is 15.5 Å². The number of rotatable bonds is 5. The molecule has 0 saturated carbocycles. The maximum absolute atomic E-state index is 12.7. The van der Waals surface area contributed by atoms with Crippen molar-refractivity contribution in [1.29, 1.82) is 0 Å². The molecule has 12 heteroatoms. The Labute approximate surface area is 197 Å². The quantitative estimate of drug-likeness (QED) is 0.412. The van der Waals surface area contributed by atoms with E-state index in [4.69, 9.17) is 11.6 Å². The van der Waals surface area contributed by atoms with Gasteiger partial charge in [-0.3, -0.25) is 9.69 Å². The first-order valence-electron chi connectivity index (χ1n) is 9.82. The normalized spacial score (nSPS) is 16.0. The predicted octanol–water partition coefficient (Wildman–Crippen LogP) is 3.04. The van der Waals surface area contributed by atoms with Gasteiger partial charge in [-0.15, -0.1) is 11.3 Å². The highest BCUT2D eigenvalue weighted by Gasteiger charge is 2.29. The van der Waals surface area contributed by atoms with Crippen LogP contribution in [0.15, 0.2) is 56.8 Å². The van der Waals surface area contributed by atoms with E-state index in [1.54, 1.807) is 29.6 Å². The molecule has 0 bridgehead atoms. The van der Waals surface area contributed by atoms with Crippen molar-refractivity contribution in [3.05, 3.63) is 68.9 Å². The highest BCUT2D eigenvalue weighted by atomic mass is 35.5. The van der Waals surface area contributed by atoms with Crippen LogP contribution in [-0.4, -0.2) is 58.4 Å². The number of fused-ring (bicyclic) bond motifs is 1. The van der Waals surface area contributed by atoms with Crippen LogP contribution in [0.1, 0.15) is 5.69 Å². The first kappa shape index (κ1) is 21.7. The minimum atomic E-state index is -3.44. The summed E-state index contributed by atoms with van der Waals surface area (Å²) in [4.78, 5) is 19.9. The Bertz CT molecular complexity index is 1410. The molecule has 8 nitrogen and oxygen atoms in total. The van der Waals surface area contributed by atoms with Gasteiger partial charge < -0.3 is 0 Å². The number of piperazine rings is 1. The Morgan fingerprint density at radius 3 is 2.50 bits per heavy atom. The van der Waals surface area contributed by atoms with E-state index in [2.05, 4.69) is 15.0 Å². The number of hydrogen-bond donors (Lipinski definition) is 0. The van der Waals surface area contributed by atoms with Gasteiger partial charge in [0.1, 0.15) is 9.22 Å². The minimum absolute atomic E-state index is 0.236. The molecule has 0 aliphatic carbocycles. The Morgan fingerprint density at radius 1 is 1.06 bits per heavy atom. The highest BCUT2D eigenvalue weighted by molar-refractivity contribution is 7.91. The number of thiophene rings is 1. The third-order valence-corrected chi connectivity index (χ3v) is 9.68. The van der Waals surface area contributed by atoms with Gasteiger partial charge in [0.2, 0.25) is 4.96 Å². The van der Waals surface area contributed by atoms with E-state index in [1.807, 2.05) is 12.1 Å². The van der Waals surface area contributed by atoms with Gasteiger partial charge in [-0.2, -0.15) is 13.9 Å². The molecule has 1 aromatic carbocycles. The zero-order valence-electron chi connectivity index (χ0n) is 16.7. The van der Waals surface area contributed by atoms with E-state index in [-0.39, 0.29) is 5.56 Å². The van der Waals surface area contributed by atoms with Crippen molar-refractivity contribution in [3.63, 3.8) is 0 Å². The second-order valence-electron chi connectivity index (χ2n) is 7.31. The Balaban J connectivity index is 1.31. The average molecular weight is 508 g/mol. The monoisotopic (exact) mass is 507 g/mol. The third kappa shape index (κ3) is 4.24. The summed E-state index contributed by atoms with van der Waals surface area (Å²) in [6, 6.07) is 12.1. The summed E-state index contributed by atoms with van der Waals surface area (Å²) in [5.74, 6) is 0. The number of hydrogen-bond acceptors (Lipinski definition) is 8. The number of benzene rings is 1. The molecule has 1 aliphatic rings. The van der Waals surface area contributed by atoms with Crippen molar-refractivity contribution in [2.24, 2.45) is 0 Å². The molecule has 0 amide bonds. The van der Waals surface area contributed by atoms with Crippen LogP contribution < -0.4 is 5.56 Å². The SMILES string of the molecule is O=c1cc(CN2CCN(S(=O)(=O)c3cccs3)CC2)nc2sc(-c3ccc(Cl)cc3)nn12. The van der Waals surface area contributed by atoms with E-state index in [0.29, 0.717) is 57.6 Å². The Morgan fingerprint density at radius 2 is 1.81 bits per heavy atom. The molecule has 0 N–H and O–H groups in total. The lowest BCUT2D eigenvalue weighted by atomic mass is 10.2. The first-order valence-corrected chi connectivity index (χ1v) is 13.3. The van der Waals surface area contributed by atoms with Crippen molar-refractivity contribution in [3.8, 4) is 10.6 Å². The first-order chi connectivity index (χ1) is 15.4. The van der Waals surface area contributed by atoms with Gasteiger partial charge in [-0.05, 0) is 23.6 Å². The van der Waals surface area contributed by atoms with Crippen LogP contribution in [0.2, 0.25) is 5.02 Å². The average Bonchev–Trinajstić information content (AvgIpc) is 3.46. The van der Waals surface area contributed by atoms with E-state index in [0.717, 1.165) is 5.56 Å². The molecule has 4 heterocycles. The molecular weight excluding hydrogens is 490 g/mol. The van der Waals surface area contributed by atoms with Gasteiger partial charge in [0.25, 0.3) is 15.6 Å². The fraction of sp³-hybridized carbons (Fsp3) is 0.250. The summed E-state index contributed by atoms with van der Waals surface area (Å²) in [5.41, 5.74) is 1.28. The molecule has 5 rings (SSSR count). The summed E-state index contributed by atoms with van der Waals surface area (Å²) < 4.78 is 28.6. The number of nitrogens with zero attached hydrogens (tertiary/aromatic N) is 5. The lowest BCUT2D eigenvalue weighted by molar-refractivity contribution is 0.180. The van der Waals surface area contributed by atoms with Crippen molar-refractivity contribution in [1.82, 2.24) is 23.8 Å². The van der Waals surface area contributed by atoms with Gasteiger partial charge in [0.05, 0.1) is 5.69 Å². The van der Waals surface area contributed by atoms with E-state index in [1.165, 1.54) is 37.6 Å². The van der Waals surface area contributed by atoms with E-state index in [9.17, 15) is 13.2 Å². The topological polar surface area (TPSA) is 87.9 Å². The fourth-order valence-corrected chi connectivity index (χ4v) is 7.16. The molecule has 4 aromatic rings. The predicted molar refractivity (Wildman–Crippen MR) is 126 cm³/mol. The van der Waals surface area contributed by atoms with E-state index >= 15 is 0 Å². The molecule has 0 unspecified atom stereocenters. The fourth-order valence-electron chi connectivity index (χ4n) is 3.54. The van der Waals surface area contributed by atoms with Crippen LogP contribution in [-0.2, 0) is 16.6 Å². The molecule has 0 atom stereocenters. The van der Waals surface area contributed by atoms with Crippen LogP contribution in [0, 0.1) is 0 Å². The number of sulfonamides is 1. The summed E-state index contributed by atoms with van der Waals surface area (Å²) >= 11 is 8.52. The lowest BCUT2D eigenvalue weighted by Crippen LogP contribution is -2.48.